The molecule has 0 spiro atoms. The normalized spacial score (nSPS) is 16.8. The van der Waals surface area contributed by atoms with Crippen LogP contribution < -0.4 is 9.64 Å². The van der Waals surface area contributed by atoms with Gasteiger partial charge in [-0.15, -0.1) is 0 Å². The molecule has 3 rings (SSSR count). The number of carboxylic acid groups (broad SMARTS) is 1. The van der Waals surface area contributed by atoms with Gasteiger partial charge in [-0.3, -0.25) is 4.98 Å². The van der Waals surface area contributed by atoms with E-state index < -0.39 is 17.7 Å². The lowest BCUT2D eigenvalue weighted by atomic mass is 9.82. The van der Waals surface area contributed by atoms with E-state index in [9.17, 15) is 9.90 Å². The molecule has 1 atom stereocenters. The summed E-state index contributed by atoms with van der Waals surface area (Å²) in [5.41, 5.74) is 4.44. The quantitative estimate of drug-likeness (QED) is 0.454. The number of hydrogen-bond donors (Lipinski definition) is 1. The molecule has 0 unspecified atom stereocenters. The van der Waals surface area contributed by atoms with Crippen molar-refractivity contribution in [2.75, 3.05) is 24.6 Å². The Morgan fingerprint density at radius 2 is 1.78 bits per heavy atom. The van der Waals surface area contributed by atoms with Crippen molar-refractivity contribution < 1.29 is 19.4 Å². The van der Waals surface area contributed by atoms with Gasteiger partial charge in [0.05, 0.1) is 17.9 Å². The third-order valence-electron chi connectivity index (χ3n) is 6.56. The van der Waals surface area contributed by atoms with Gasteiger partial charge >= 0.3 is 5.97 Å². The number of carboxylic acids is 1. The first-order valence-corrected chi connectivity index (χ1v) is 12.9. The molecule has 198 valence electrons. The molecule has 36 heavy (non-hydrogen) atoms. The summed E-state index contributed by atoms with van der Waals surface area (Å²) in [5, 5.41) is 10.3. The molecule has 0 radical (unpaired) electrons. The van der Waals surface area contributed by atoms with Crippen LogP contribution in [0, 0.1) is 25.2 Å². The van der Waals surface area contributed by atoms with Gasteiger partial charge in [0.15, 0.2) is 6.10 Å². The molecule has 1 saturated heterocycles. The Balaban J connectivity index is 2.20. The molecule has 2 aromatic rings. The largest absolute Gasteiger partial charge is 0.479 e. The highest BCUT2D eigenvalue weighted by Crippen LogP contribution is 2.44. The van der Waals surface area contributed by atoms with Crippen molar-refractivity contribution in [3.8, 4) is 17.0 Å². The van der Waals surface area contributed by atoms with Gasteiger partial charge in [-0.1, -0.05) is 27.7 Å². The van der Waals surface area contributed by atoms with Crippen molar-refractivity contribution in [3.63, 3.8) is 0 Å². The molecule has 0 aromatic carbocycles. The average molecular weight is 498 g/mol. The van der Waals surface area contributed by atoms with Crippen molar-refractivity contribution in [2.24, 2.45) is 11.3 Å². The van der Waals surface area contributed by atoms with Gasteiger partial charge < -0.3 is 19.5 Å². The Kier molecular flexibility index (Phi) is 8.33. The summed E-state index contributed by atoms with van der Waals surface area (Å²) in [7, 11) is 0. The van der Waals surface area contributed by atoms with Crippen molar-refractivity contribution >= 4 is 11.7 Å². The second kappa shape index (κ2) is 10.8. The maximum Gasteiger partial charge on any atom is 0.337 e. The Morgan fingerprint density at radius 1 is 1.14 bits per heavy atom. The Hall–Kier alpha value is -2.67. The van der Waals surface area contributed by atoms with Crippen LogP contribution in [0.1, 0.15) is 84.4 Å². The van der Waals surface area contributed by atoms with Gasteiger partial charge in [-0.25, -0.2) is 9.78 Å². The second-order valence-corrected chi connectivity index (χ2v) is 12.1. The standard InChI is InChI=1S/C29H43N3O4/c1-18(2)17-35-22-11-10-21(16-30-22)23-19(3)31-20(4)24(26(27(33)34)36-28(5,6)7)25(23)32-14-12-29(8,9)13-15-32/h10-11,16,18,26H,12-15,17H2,1-9H3,(H,33,34)/t26-/m0/s1. The van der Waals surface area contributed by atoms with Crippen LogP contribution in [0.4, 0.5) is 5.69 Å². The molecule has 0 amide bonds. The van der Waals surface area contributed by atoms with Crippen LogP contribution in [0.5, 0.6) is 5.88 Å². The summed E-state index contributed by atoms with van der Waals surface area (Å²) in [6, 6.07) is 3.86. The number of nitrogens with zero attached hydrogens (tertiary/aromatic N) is 3. The van der Waals surface area contributed by atoms with Gasteiger partial charge in [0.25, 0.3) is 0 Å². The van der Waals surface area contributed by atoms with Crippen LogP contribution in [0.3, 0.4) is 0 Å². The Morgan fingerprint density at radius 3 is 2.28 bits per heavy atom. The smallest absolute Gasteiger partial charge is 0.337 e. The van der Waals surface area contributed by atoms with Crippen molar-refractivity contribution in [1.29, 1.82) is 0 Å². The molecular formula is C29H43N3O4. The number of pyridine rings is 2. The van der Waals surface area contributed by atoms with Crippen LogP contribution >= 0.6 is 0 Å². The summed E-state index contributed by atoms with van der Waals surface area (Å²) in [6.45, 7) is 20.5. The number of aromatic nitrogens is 2. The summed E-state index contributed by atoms with van der Waals surface area (Å²) in [6.07, 6.45) is 2.70. The number of anilines is 1. The Labute approximate surface area is 216 Å². The van der Waals surface area contributed by atoms with Gasteiger partial charge in [-0.2, -0.15) is 0 Å². The first kappa shape index (κ1) is 27.9. The topological polar surface area (TPSA) is 84.8 Å². The molecule has 0 saturated carbocycles. The zero-order valence-corrected chi connectivity index (χ0v) is 23.4. The van der Waals surface area contributed by atoms with E-state index >= 15 is 0 Å². The van der Waals surface area contributed by atoms with Crippen LogP contribution in [0.15, 0.2) is 18.3 Å². The average Bonchev–Trinajstić information content (AvgIpc) is 2.76. The maximum atomic E-state index is 12.6. The number of aliphatic carboxylic acids is 1. The maximum absolute atomic E-state index is 12.6. The zero-order chi connectivity index (χ0) is 26.8. The van der Waals surface area contributed by atoms with Crippen molar-refractivity contribution in [1.82, 2.24) is 9.97 Å². The van der Waals surface area contributed by atoms with Crippen molar-refractivity contribution in [3.05, 3.63) is 35.3 Å². The van der Waals surface area contributed by atoms with E-state index in [-0.39, 0.29) is 5.41 Å². The van der Waals surface area contributed by atoms with Gasteiger partial charge in [0.1, 0.15) is 0 Å². The molecule has 2 aromatic heterocycles. The predicted octanol–water partition coefficient (Wildman–Crippen LogP) is 6.36. The number of aryl methyl sites for hydroxylation is 2. The lowest BCUT2D eigenvalue weighted by Crippen LogP contribution is -2.39. The molecular weight excluding hydrogens is 454 g/mol. The monoisotopic (exact) mass is 497 g/mol. The fourth-order valence-electron chi connectivity index (χ4n) is 4.62. The minimum Gasteiger partial charge on any atom is -0.479 e. The predicted molar refractivity (Wildman–Crippen MR) is 144 cm³/mol. The molecule has 1 N–H and O–H groups in total. The molecule has 0 aliphatic carbocycles. The van der Waals surface area contributed by atoms with E-state index in [0.717, 1.165) is 48.4 Å². The molecule has 1 aliphatic rings. The summed E-state index contributed by atoms with van der Waals surface area (Å²) in [4.78, 5) is 24.3. The summed E-state index contributed by atoms with van der Waals surface area (Å²) in [5.74, 6) is -0.0341. The number of piperidine rings is 1. The molecule has 3 heterocycles. The van der Waals surface area contributed by atoms with Crippen LogP contribution in [0.2, 0.25) is 0 Å². The molecule has 0 bridgehead atoms. The fraction of sp³-hybridized carbons (Fsp3) is 0.621. The number of carbonyl (C=O) groups is 1. The lowest BCUT2D eigenvalue weighted by molar-refractivity contribution is -0.160. The van der Waals surface area contributed by atoms with E-state index in [1.165, 1.54) is 0 Å². The molecule has 1 aliphatic heterocycles. The number of hydrogen-bond acceptors (Lipinski definition) is 6. The third kappa shape index (κ3) is 6.75. The number of rotatable bonds is 8. The molecule has 1 fully saturated rings. The van der Waals surface area contributed by atoms with E-state index in [4.69, 9.17) is 14.5 Å². The molecule has 7 nitrogen and oxygen atoms in total. The van der Waals surface area contributed by atoms with Crippen LogP contribution in [-0.4, -0.2) is 46.3 Å². The van der Waals surface area contributed by atoms with Gasteiger partial charge in [-0.05, 0) is 64.9 Å². The van der Waals surface area contributed by atoms with E-state index in [0.29, 0.717) is 29.7 Å². The zero-order valence-electron chi connectivity index (χ0n) is 23.4. The highest BCUT2D eigenvalue weighted by Gasteiger charge is 2.36. The highest BCUT2D eigenvalue weighted by molar-refractivity contribution is 5.87. The van der Waals surface area contributed by atoms with Gasteiger partial charge in [0, 0.05) is 53.4 Å². The fourth-order valence-corrected chi connectivity index (χ4v) is 4.62. The minimum absolute atomic E-state index is 0.249. The highest BCUT2D eigenvalue weighted by atomic mass is 16.5. The van der Waals surface area contributed by atoms with Crippen molar-refractivity contribution in [2.45, 2.75) is 86.9 Å². The SMILES string of the molecule is Cc1nc(C)c([C@H](OC(C)(C)C)C(=O)O)c(N2CCC(C)(C)CC2)c1-c1ccc(OCC(C)C)nc1. The number of ether oxygens (including phenoxy) is 2. The van der Waals surface area contributed by atoms with Crippen LogP contribution in [-0.2, 0) is 9.53 Å². The van der Waals surface area contributed by atoms with E-state index in [1.54, 1.807) is 6.20 Å². The third-order valence-corrected chi connectivity index (χ3v) is 6.56. The lowest BCUT2D eigenvalue weighted by Gasteiger charge is -2.41. The first-order chi connectivity index (χ1) is 16.7. The van der Waals surface area contributed by atoms with Crippen LogP contribution in [0.25, 0.3) is 11.1 Å². The molecule has 7 heteroatoms. The van der Waals surface area contributed by atoms with E-state index in [2.05, 4.69) is 37.6 Å². The van der Waals surface area contributed by atoms with E-state index in [1.807, 2.05) is 46.8 Å². The minimum atomic E-state index is -1.14. The second-order valence-electron chi connectivity index (χ2n) is 12.1. The first-order valence-electron chi connectivity index (χ1n) is 12.9. The summed E-state index contributed by atoms with van der Waals surface area (Å²) < 4.78 is 11.9. The Bertz CT molecular complexity index is 1060. The van der Waals surface area contributed by atoms with Gasteiger partial charge in [0.2, 0.25) is 5.88 Å². The summed E-state index contributed by atoms with van der Waals surface area (Å²) >= 11 is 0.